The van der Waals surface area contributed by atoms with Crippen LogP contribution in [-0.2, 0) is 11.3 Å². The van der Waals surface area contributed by atoms with Gasteiger partial charge in [0.05, 0.1) is 6.26 Å². The summed E-state index contributed by atoms with van der Waals surface area (Å²) in [6.07, 6.45) is 2.97. The van der Waals surface area contributed by atoms with Gasteiger partial charge in [0.25, 0.3) is 11.8 Å². The fourth-order valence-electron chi connectivity index (χ4n) is 2.42. The van der Waals surface area contributed by atoms with Crippen LogP contribution in [0.3, 0.4) is 0 Å². The van der Waals surface area contributed by atoms with Crippen molar-refractivity contribution < 1.29 is 14.0 Å². The van der Waals surface area contributed by atoms with Crippen molar-refractivity contribution in [3.05, 3.63) is 95.6 Å². The predicted molar refractivity (Wildman–Crippen MR) is 103 cm³/mol. The van der Waals surface area contributed by atoms with E-state index >= 15 is 0 Å². The molecule has 0 bridgehead atoms. The Morgan fingerprint density at radius 2 is 1.70 bits per heavy atom. The molecule has 0 fully saturated rings. The number of anilines is 1. The van der Waals surface area contributed by atoms with E-state index in [0.717, 1.165) is 5.56 Å². The van der Waals surface area contributed by atoms with Crippen LogP contribution in [0.1, 0.15) is 21.7 Å². The van der Waals surface area contributed by atoms with Gasteiger partial charge < -0.3 is 20.8 Å². The number of nitrogens with one attached hydrogen (secondary N) is 2. The first-order valence-electron chi connectivity index (χ1n) is 8.36. The number of rotatable bonds is 6. The molecular weight excluding hydrogens is 342 g/mol. The van der Waals surface area contributed by atoms with Crippen molar-refractivity contribution in [3.8, 4) is 0 Å². The zero-order valence-corrected chi connectivity index (χ0v) is 14.5. The molecule has 0 radical (unpaired) electrons. The quantitative estimate of drug-likeness (QED) is 0.464. The SMILES string of the molecule is Nc1ccccc1CNC(=O)/C(=C\c1ccco1)NC(=O)c1ccccc1. The summed E-state index contributed by atoms with van der Waals surface area (Å²) < 4.78 is 5.26. The maximum Gasteiger partial charge on any atom is 0.268 e. The van der Waals surface area contributed by atoms with Crippen LogP contribution < -0.4 is 16.4 Å². The molecule has 0 saturated carbocycles. The van der Waals surface area contributed by atoms with E-state index in [1.165, 1.54) is 12.3 Å². The van der Waals surface area contributed by atoms with E-state index in [1.807, 2.05) is 24.3 Å². The van der Waals surface area contributed by atoms with Gasteiger partial charge in [0.1, 0.15) is 11.5 Å². The van der Waals surface area contributed by atoms with Gasteiger partial charge in [-0.3, -0.25) is 9.59 Å². The van der Waals surface area contributed by atoms with Crippen molar-refractivity contribution in [1.82, 2.24) is 10.6 Å². The summed E-state index contributed by atoms with van der Waals surface area (Å²) in [6.45, 7) is 0.238. The molecule has 136 valence electrons. The Hall–Kier alpha value is -3.80. The standard InChI is InChI=1S/C21H19N3O3/c22-18-11-5-4-9-16(18)14-23-21(26)19(13-17-10-6-12-27-17)24-20(25)15-7-2-1-3-8-15/h1-13H,14,22H2,(H,23,26)(H,24,25)/b19-13+. The summed E-state index contributed by atoms with van der Waals surface area (Å²) >= 11 is 0. The van der Waals surface area contributed by atoms with Crippen LogP contribution in [0.25, 0.3) is 6.08 Å². The highest BCUT2D eigenvalue weighted by atomic mass is 16.3. The highest BCUT2D eigenvalue weighted by Crippen LogP contribution is 2.11. The molecule has 6 heteroatoms. The second-order valence-electron chi connectivity index (χ2n) is 5.78. The van der Waals surface area contributed by atoms with Crippen molar-refractivity contribution in [2.24, 2.45) is 0 Å². The summed E-state index contributed by atoms with van der Waals surface area (Å²) in [4.78, 5) is 25.1. The molecule has 0 atom stereocenters. The van der Waals surface area contributed by atoms with Crippen molar-refractivity contribution in [1.29, 1.82) is 0 Å². The van der Waals surface area contributed by atoms with E-state index in [4.69, 9.17) is 10.2 Å². The van der Waals surface area contributed by atoms with E-state index in [9.17, 15) is 9.59 Å². The molecule has 2 amide bonds. The Kier molecular flexibility index (Phi) is 5.69. The molecule has 0 spiro atoms. The lowest BCUT2D eigenvalue weighted by Crippen LogP contribution is -2.34. The first kappa shape index (κ1) is 18.0. The zero-order chi connectivity index (χ0) is 19.1. The maximum absolute atomic E-state index is 12.6. The average molecular weight is 361 g/mol. The number of amides is 2. The molecule has 0 aliphatic rings. The van der Waals surface area contributed by atoms with E-state index in [2.05, 4.69) is 10.6 Å². The summed E-state index contributed by atoms with van der Waals surface area (Å²) in [6, 6.07) is 19.3. The number of para-hydroxylation sites is 1. The van der Waals surface area contributed by atoms with Gasteiger partial charge in [-0.15, -0.1) is 0 Å². The predicted octanol–water partition coefficient (Wildman–Crippen LogP) is 2.95. The molecule has 2 aromatic carbocycles. The fraction of sp³-hybridized carbons (Fsp3) is 0.0476. The van der Waals surface area contributed by atoms with Crippen molar-refractivity contribution in [2.45, 2.75) is 6.54 Å². The van der Waals surface area contributed by atoms with Crippen molar-refractivity contribution >= 4 is 23.6 Å². The largest absolute Gasteiger partial charge is 0.465 e. The van der Waals surface area contributed by atoms with Crippen molar-refractivity contribution in [2.75, 3.05) is 5.73 Å². The number of benzene rings is 2. The highest BCUT2D eigenvalue weighted by molar-refractivity contribution is 6.05. The van der Waals surface area contributed by atoms with Crippen LogP contribution >= 0.6 is 0 Å². The Labute approximate surface area is 156 Å². The van der Waals surface area contributed by atoms with Crippen LogP contribution in [0.2, 0.25) is 0 Å². The lowest BCUT2D eigenvalue weighted by molar-refractivity contribution is -0.117. The lowest BCUT2D eigenvalue weighted by Gasteiger charge is -2.12. The van der Waals surface area contributed by atoms with E-state index < -0.39 is 5.91 Å². The van der Waals surface area contributed by atoms with E-state index in [0.29, 0.717) is 17.0 Å². The molecule has 6 nitrogen and oxygen atoms in total. The monoisotopic (exact) mass is 361 g/mol. The van der Waals surface area contributed by atoms with Crippen LogP contribution in [0.5, 0.6) is 0 Å². The number of carbonyl (C=O) groups is 2. The maximum atomic E-state index is 12.6. The third-order valence-corrected chi connectivity index (χ3v) is 3.85. The molecule has 3 rings (SSSR count). The van der Waals surface area contributed by atoms with Gasteiger partial charge in [-0.25, -0.2) is 0 Å². The first-order chi connectivity index (χ1) is 13.1. The number of carbonyl (C=O) groups excluding carboxylic acids is 2. The van der Waals surface area contributed by atoms with Crippen LogP contribution in [0.15, 0.2) is 83.1 Å². The fourth-order valence-corrected chi connectivity index (χ4v) is 2.42. The number of nitrogen functional groups attached to an aromatic ring is 1. The molecule has 0 aliphatic carbocycles. The van der Waals surface area contributed by atoms with E-state index in [-0.39, 0.29) is 18.1 Å². The first-order valence-corrected chi connectivity index (χ1v) is 8.36. The summed E-state index contributed by atoms with van der Waals surface area (Å²) in [5.41, 5.74) is 7.80. The second kappa shape index (κ2) is 8.53. The molecule has 0 aliphatic heterocycles. The van der Waals surface area contributed by atoms with Gasteiger partial charge in [0.2, 0.25) is 0 Å². The Balaban J connectivity index is 1.76. The number of hydrogen-bond acceptors (Lipinski definition) is 4. The van der Waals surface area contributed by atoms with Crippen LogP contribution in [0.4, 0.5) is 5.69 Å². The topological polar surface area (TPSA) is 97.4 Å². The van der Waals surface area contributed by atoms with Gasteiger partial charge in [0, 0.05) is 23.9 Å². The molecule has 4 N–H and O–H groups in total. The van der Waals surface area contributed by atoms with Gasteiger partial charge in [-0.2, -0.15) is 0 Å². The molecule has 1 heterocycles. The van der Waals surface area contributed by atoms with Crippen molar-refractivity contribution in [3.63, 3.8) is 0 Å². The van der Waals surface area contributed by atoms with Gasteiger partial charge in [0.15, 0.2) is 0 Å². The van der Waals surface area contributed by atoms with Gasteiger partial charge in [-0.05, 0) is 35.9 Å². The Bertz CT molecular complexity index is 948. The van der Waals surface area contributed by atoms with Gasteiger partial charge >= 0.3 is 0 Å². The number of hydrogen-bond donors (Lipinski definition) is 3. The van der Waals surface area contributed by atoms with Gasteiger partial charge in [-0.1, -0.05) is 36.4 Å². The minimum Gasteiger partial charge on any atom is -0.465 e. The zero-order valence-electron chi connectivity index (χ0n) is 14.5. The Morgan fingerprint density at radius 3 is 2.41 bits per heavy atom. The molecular formula is C21H19N3O3. The summed E-state index contributed by atoms with van der Waals surface area (Å²) in [5.74, 6) is -0.380. The highest BCUT2D eigenvalue weighted by Gasteiger charge is 2.15. The minimum absolute atomic E-state index is 0.0771. The molecule has 1 aromatic heterocycles. The third kappa shape index (κ3) is 4.85. The lowest BCUT2D eigenvalue weighted by atomic mass is 10.2. The van der Waals surface area contributed by atoms with E-state index in [1.54, 1.807) is 42.5 Å². The summed E-state index contributed by atoms with van der Waals surface area (Å²) in [7, 11) is 0. The molecule has 3 aromatic rings. The van der Waals surface area contributed by atoms with Crippen LogP contribution in [0, 0.1) is 0 Å². The second-order valence-corrected chi connectivity index (χ2v) is 5.78. The third-order valence-electron chi connectivity index (χ3n) is 3.85. The Morgan fingerprint density at radius 1 is 0.963 bits per heavy atom. The number of furan rings is 1. The molecule has 0 saturated heterocycles. The number of nitrogens with two attached hydrogens (primary N) is 1. The summed E-state index contributed by atoms with van der Waals surface area (Å²) in [5, 5.41) is 5.41. The normalized spacial score (nSPS) is 11.0. The van der Waals surface area contributed by atoms with Crippen LogP contribution in [-0.4, -0.2) is 11.8 Å². The average Bonchev–Trinajstić information content (AvgIpc) is 3.20. The smallest absolute Gasteiger partial charge is 0.268 e. The molecule has 0 unspecified atom stereocenters. The molecule has 27 heavy (non-hydrogen) atoms. The minimum atomic E-state index is -0.445.